The average Bonchev–Trinajstić information content (AvgIpc) is 2.88. The molecule has 0 radical (unpaired) electrons. The van der Waals surface area contributed by atoms with Gasteiger partial charge in [-0.1, -0.05) is 54.8 Å². The van der Waals surface area contributed by atoms with Gasteiger partial charge in [-0.3, -0.25) is 0 Å². The predicted octanol–water partition coefficient (Wildman–Crippen LogP) is 7.21. The summed E-state index contributed by atoms with van der Waals surface area (Å²) in [6, 6.07) is 9.28. The molecular weight excluding hydrogens is 288 g/mol. The maximum atomic E-state index is 2.33. The second kappa shape index (κ2) is 5.92. The van der Waals surface area contributed by atoms with Crippen molar-refractivity contribution in [2.24, 2.45) is 11.8 Å². The maximum absolute atomic E-state index is 2.33. The fourth-order valence-electron chi connectivity index (χ4n) is 4.45. The lowest BCUT2D eigenvalue weighted by molar-refractivity contribution is 0.818. The van der Waals surface area contributed by atoms with Crippen molar-refractivity contribution in [3.63, 3.8) is 0 Å². The van der Waals surface area contributed by atoms with Crippen molar-refractivity contribution in [1.29, 1.82) is 0 Å². The Bertz CT molecular complexity index is 819. The third-order valence-electron chi connectivity index (χ3n) is 6.79. The van der Waals surface area contributed by atoms with Crippen molar-refractivity contribution < 1.29 is 0 Å². The lowest BCUT2D eigenvalue weighted by Gasteiger charge is -2.15. The molecule has 2 aliphatic carbocycles. The first kappa shape index (κ1) is 17.0. The van der Waals surface area contributed by atoms with Gasteiger partial charge >= 0.3 is 0 Å². The van der Waals surface area contributed by atoms with Gasteiger partial charge in [0.2, 0.25) is 0 Å². The van der Waals surface area contributed by atoms with Crippen LogP contribution in [0.25, 0.3) is 11.1 Å². The van der Waals surface area contributed by atoms with Crippen LogP contribution in [0.2, 0.25) is 0 Å². The third-order valence-corrected chi connectivity index (χ3v) is 6.79. The molecule has 0 heterocycles. The van der Waals surface area contributed by atoms with E-state index < -0.39 is 0 Å². The van der Waals surface area contributed by atoms with Gasteiger partial charge in [-0.15, -0.1) is 0 Å². The van der Waals surface area contributed by atoms with E-state index in [-0.39, 0.29) is 0 Å². The predicted molar refractivity (Wildman–Crippen MR) is 107 cm³/mol. The van der Waals surface area contributed by atoms with Crippen LogP contribution in [0.4, 0.5) is 0 Å². The summed E-state index contributed by atoms with van der Waals surface area (Å²) >= 11 is 0. The summed E-state index contributed by atoms with van der Waals surface area (Å²) < 4.78 is 0. The Labute approximate surface area is 147 Å². The molecule has 0 fully saturated rings. The Kier molecular flexibility index (Phi) is 4.20. The van der Waals surface area contributed by atoms with Crippen molar-refractivity contribution in [3.05, 3.63) is 68.8 Å². The van der Waals surface area contributed by atoms with Crippen molar-refractivity contribution in [2.75, 3.05) is 0 Å². The molecule has 1 aromatic rings. The van der Waals surface area contributed by atoms with Crippen molar-refractivity contribution >= 4 is 11.1 Å². The number of allylic oxidation sites excluding steroid dienone is 8. The highest BCUT2D eigenvalue weighted by Crippen LogP contribution is 2.44. The highest BCUT2D eigenvalue weighted by atomic mass is 14.3. The average molecular weight is 319 g/mol. The Morgan fingerprint density at radius 2 is 1.04 bits per heavy atom. The molecule has 24 heavy (non-hydrogen) atoms. The summed E-state index contributed by atoms with van der Waals surface area (Å²) in [5, 5.41) is 0. The minimum Gasteiger partial charge on any atom is -0.0629 e. The summed E-state index contributed by atoms with van der Waals surface area (Å²) in [6.07, 6.45) is 0. The molecule has 0 aromatic heterocycles. The Morgan fingerprint density at radius 1 is 0.542 bits per heavy atom. The molecule has 1 aromatic carbocycles. The van der Waals surface area contributed by atoms with Crippen LogP contribution in [0.3, 0.4) is 0 Å². The van der Waals surface area contributed by atoms with Gasteiger partial charge in [-0.25, -0.2) is 0 Å². The molecule has 0 heteroatoms. The Morgan fingerprint density at radius 3 is 1.46 bits per heavy atom. The van der Waals surface area contributed by atoms with Gasteiger partial charge in [-0.05, 0) is 86.5 Å². The van der Waals surface area contributed by atoms with Crippen LogP contribution in [0.1, 0.15) is 66.5 Å². The highest BCUT2D eigenvalue weighted by molar-refractivity contribution is 5.86. The van der Waals surface area contributed by atoms with E-state index in [1.165, 1.54) is 55.7 Å². The van der Waals surface area contributed by atoms with Gasteiger partial charge in [0.15, 0.2) is 0 Å². The fourth-order valence-corrected chi connectivity index (χ4v) is 4.45. The van der Waals surface area contributed by atoms with Crippen LogP contribution >= 0.6 is 0 Å². The molecule has 0 bridgehead atoms. The zero-order valence-electron chi connectivity index (χ0n) is 16.5. The summed E-state index contributed by atoms with van der Waals surface area (Å²) in [7, 11) is 0. The quantitative estimate of drug-likeness (QED) is 0.540. The van der Waals surface area contributed by atoms with E-state index in [1.54, 1.807) is 0 Å². The minimum absolute atomic E-state index is 0.534. The number of hydrogen-bond acceptors (Lipinski definition) is 0. The van der Waals surface area contributed by atoms with Crippen molar-refractivity contribution in [1.82, 2.24) is 0 Å². The number of benzene rings is 1. The third kappa shape index (κ3) is 2.35. The summed E-state index contributed by atoms with van der Waals surface area (Å²) in [5.74, 6) is 1.11. The molecule has 2 aliphatic rings. The Hall–Kier alpha value is -1.82. The molecule has 0 N–H and O–H groups in total. The van der Waals surface area contributed by atoms with E-state index in [0.29, 0.717) is 11.8 Å². The minimum atomic E-state index is 0.534. The van der Waals surface area contributed by atoms with Crippen LogP contribution in [0.5, 0.6) is 0 Å². The van der Waals surface area contributed by atoms with Crippen LogP contribution in [-0.2, 0) is 0 Å². The summed E-state index contributed by atoms with van der Waals surface area (Å²) in [6.45, 7) is 18.3. The molecule has 126 valence electrons. The smallest absolute Gasteiger partial charge is 0.00315 e. The van der Waals surface area contributed by atoms with Gasteiger partial charge in [0.1, 0.15) is 0 Å². The largest absolute Gasteiger partial charge is 0.0629 e. The van der Waals surface area contributed by atoms with Crippen molar-refractivity contribution in [2.45, 2.75) is 55.4 Å². The van der Waals surface area contributed by atoms with Gasteiger partial charge in [0.05, 0.1) is 0 Å². The summed E-state index contributed by atoms with van der Waals surface area (Å²) in [4.78, 5) is 0. The first-order chi connectivity index (χ1) is 11.3. The van der Waals surface area contributed by atoms with Gasteiger partial charge in [-0.2, -0.15) is 0 Å². The molecule has 0 aliphatic heterocycles. The first-order valence-corrected chi connectivity index (χ1v) is 9.13. The number of hydrogen-bond donors (Lipinski definition) is 0. The zero-order chi connectivity index (χ0) is 17.8. The van der Waals surface area contributed by atoms with Crippen LogP contribution in [0, 0.1) is 11.8 Å². The second-order valence-electron chi connectivity index (χ2n) is 7.73. The van der Waals surface area contributed by atoms with E-state index in [4.69, 9.17) is 0 Å². The van der Waals surface area contributed by atoms with Gasteiger partial charge < -0.3 is 0 Å². The number of rotatable bonds is 2. The maximum Gasteiger partial charge on any atom is 0.00315 e. The molecule has 2 atom stereocenters. The monoisotopic (exact) mass is 318 g/mol. The van der Waals surface area contributed by atoms with Crippen molar-refractivity contribution in [3.8, 4) is 0 Å². The van der Waals surface area contributed by atoms with E-state index in [0.717, 1.165) is 0 Å². The van der Waals surface area contributed by atoms with Crippen LogP contribution in [-0.4, -0.2) is 0 Å². The zero-order valence-corrected chi connectivity index (χ0v) is 16.5. The SMILES string of the molecule is CC1=C(C)C(C)C(C)=C1c1ccc(C2=C(C)C(C)=C(C)C2C)cc1. The molecule has 2 unspecified atom stereocenters. The normalized spacial score (nSPS) is 24.8. The van der Waals surface area contributed by atoms with E-state index in [2.05, 4.69) is 79.7 Å². The first-order valence-electron chi connectivity index (χ1n) is 9.13. The molecule has 3 rings (SSSR count). The van der Waals surface area contributed by atoms with E-state index in [1.807, 2.05) is 0 Å². The van der Waals surface area contributed by atoms with Gasteiger partial charge in [0, 0.05) is 5.92 Å². The molecule has 0 nitrogen and oxygen atoms in total. The molecule has 0 saturated carbocycles. The lowest BCUT2D eigenvalue weighted by atomic mass is 9.89. The fraction of sp³-hybridized carbons (Fsp3) is 0.417. The van der Waals surface area contributed by atoms with E-state index >= 15 is 0 Å². The molecule has 0 amide bonds. The topological polar surface area (TPSA) is 0 Å². The standard InChI is InChI=1S/C24H30/c1-13-14(2)18(6)23(17(13)5)21-9-11-22(12-10-21)24-19(7)15(3)16(4)20(24)8/h9-13,19H,1-8H3. The summed E-state index contributed by atoms with van der Waals surface area (Å²) in [5.41, 5.74) is 14.7. The second-order valence-corrected chi connectivity index (χ2v) is 7.73. The van der Waals surface area contributed by atoms with Crippen LogP contribution < -0.4 is 0 Å². The molecule has 0 spiro atoms. The Balaban J connectivity index is 2.00. The highest BCUT2D eigenvalue weighted by Gasteiger charge is 2.26. The lowest BCUT2D eigenvalue weighted by Crippen LogP contribution is -1.97. The van der Waals surface area contributed by atoms with Crippen LogP contribution in [0.15, 0.2) is 57.7 Å². The molecule has 0 saturated heterocycles. The molecular formula is C24H30. The van der Waals surface area contributed by atoms with Gasteiger partial charge in [0.25, 0.3) is 0 Å². The van der Waals surface area contributed by atoms with E-state index in [9.17, 15) is 0 Å².